The van der Waals surface area contributed by atoms with Crippen molar-refractivity contribution < 1.29 is 9.90 Å². The van der Waals surface area contributed by atoms with Gasteiger partial charge < -0.3 is 9.90 Å². The Morgan fingerprint density at radius 1 is 1.25 bits per heavy atom. The molecule has 0 unspecified atom stereocenters. The standard InChI is InChI=1S/C3H8O.C2H6.CH2O/c1-3(2)4;2*1-2/h3-4H,1-2H3;1-2H3;1H2. The molecule has 0 aromatic carbocycles. The van der Waals surface area contributed by atoms with E-state index in [-0.39, 0.29) is 6.10 Å². The van der Waals surface area contributed by atoms with E-state index < -0.39 is 0 Å². The van der Waals surface area contributed by atoms with Gasteiger partial charge in [0.25, 0.3) is 0 Å². The van der Waals surface area contributed by atoms with Gasteiger partial charge in [0.1, 0.15) is 6.79 Å². The van der Waals surface area contributed by atoms with Crippen molar-refractivity contribution in [2.75, 3.05) is 0 Å². The minimum atomic E-state index is -0.167. The second-order valence-corrected chi connectivity index (χ2v) is 1.09. The summed E-state index contributed by atoms with van der Waals surface area (Å²) in [5.41, 5.74) is 0. The summed E-state index contributed by atoms with van der Waals surface area (Å²) >= 11 is 0. The quantitative estimate of drug-likeness (QED) is 0.522. The summed E-state index contributed by atoms with van der Waals surface area (Å²) in [6, 6.07) is 0. The predicted octanol–water partition coefficient (Wildman–Crippen LogP) is 1.23. The third kappa shape index (κ3) is 882. The maximum absolute atomic E-state index is 8.06. The van der Waals surface area contributed by atoms with E-state index >= 15 is 0 Å². The first-order valence-corrected chi connectivity index (χ1v) is 2.70. The molecule has 52 valence electrons. The Morgan fingerprint density at radius 3 is 1.25 bits per heavy atom. The molecule has 0 spiro atoms. The molecule has 0 heterocycles. The lowest BCUT2D eigenvalue weighted by Gasteiger charge is -1.80. The number of hydrogen-bond donors (Lipinski definition) is 1. The fourth-order valence-corrected chi connectivity index (χ4v) is 0. The van der Waals surface area contributed by atoms with Gasteiger partial charge in [-0.05, 0) is 13.8 Å². The average Bonchev–Trinajstić information content (AvgIpc) is 1.75. The van der Waals surface area contributed by atoms with Crippen LogP contribution in [0.25, 0.3) is 0 Å². The minimum Gasteiger partial charge on any atom is -0.394 e. The lowest BCUT2D eigenvalue weighted by Crippen LogP contribution is -1.85. The van der Waals surface area contributed by atoms with Crippen molar-refractivity contribution in [1.82, 2.24) is 0 Å². The van der Waals surface area contributed by atoms with Crippen LogP contribution in [0, 0.1) is 0 Å². The third-order valence-corrected chi connectivity index (χ3v) is 0. The van der Waals surface area contributed by atoms with Crippen LogP contribution in [0.2, 0.25) is 0 Å². The summed E-state index contributed by atoms with van der Waals surface area (Å²) in [5.74, 6) is 0. The van der Waals surface area contributed by atoms with Crippen molar-refractivity contribution in [1.29, 1.82) is 0 Å². The molecule has 0 aromatic rings. The van der Waals surface area contributed by atoms with Crippen molar-refractivity contribution in [3.63, 3.8) is 0 Å². The molecule has 0 aliphatic heterocycles. The first-order valence-electron chi connectivity index (χ1n) is 2.70. The summed E-state index contributed by atoms with van der Waals surface area (Å²) in [6.07, 6.45) is -0.167. The summed E-state index contributed by atoms with van der Waals surface area (Å²) in [7, 11) is 0. The van der Waals surface area contributed by atoms with Crippen LogP contribution in [0.4, 0.5) is 0 Å². The first-order chi connectivity index (χ1) is 3.73. The fraction of sp³-hybridized carbons (Fsp3) is 0.833. The molecule has 0 radical (unpaired) electrons. The second-order valence-electron chi connectivity index (χ2n) is 1.09. The van der Waals surface area contributed by atoms with Gasteiger partial charge in [0.2, 0.25) is 0 Å². The summed E-state index contributed by atoms with van der Waals surface area (Å²) < 4.78 is 0. The van der Waals surface area contributed by atoms with Crippen LogP contribution < -0.4 is 0 Å². The Kier molecular flexibility index (Phi) is 59.4. The van der Waals surface area contributed by atoms with Gasteiger partial charge in [-0.25, -0.2) is 0 Å². The van der Waals surface area contributed by atoms with Crippen LogP contribution >= 0.6 is 0 Å². The third-order valence-electron chi connectivity index (χ3n) is 0. The van der Waals surface area contributed by atoms with E-state index in [0.29, 0.717) is 0 Å². The van der Waals surface area contributed by atoms with Crippen molar-refractivity contribution in [3.8, 4) is 0 Å². The van der Waals surface area contributed by atoms with Gasteiger partial charge in [-0.1, -0.05) is 13.8 Å². The number of carbonyl (C=O) groups is 1. The van der Waals surface area contributed by atoms with Crippen LogP contribution in [0.5, 0.6) is 0 Å². The highest BCUT2D eigenvalue weighted by molar-refractivity contribution is 5.10. The van der Waals surface area contributed by atoms with E-state index in [2.05, 4.69) is 0 Å². The normalized spacial score (nSPS) is 5.75. The molecule has 2 nitrogen and oxygen atoms in total. The Hall–Kier alpha value is -0.370. The van der Waals surface area contributed by atoms with Gasteiger partial charge in [0, 0.05) is 6.10 Å². The van der Waals surface area contributed by atoms with E-state index in [1.54, 1.807) is 13.8 Å². The number of hydrogen-bond acceptors (Lipinski definition) is 2. The molecule has 2 heteroatoms. The van der Waals surface area contributed by atoms with Crippen LogP contribution in [0.3, 0.4) is 0 Å². The van der Waals surface area contributed by atoms with Crippen LogP contribution in [-0.2, 0) is 4.79 Å². The maximum atomic E-state index is 8.06. The molecule has 0 rings (SSSR count). The molecular formula is C6H16O2. The van der Waals surface area contributed by atoms with Crippen molar-refractivity contribution >= 4 is 6.79 Å². The van der Waals surface area contributed by atoms with E-state index in [1.807, 2.05) is 20.6 Å². The second kappa shape index (κ2) is 30.4. The minimum absolute atomic E-state index is 0.167. The Labute approximate surface area is 51.5 Å². The largest absolute Gasteiger partial charge is 0.394 e. The van der Waals surface area contributed by atoms with E-state index in [0.717, 1.165) is 0 Å². The highest BCUT2D eigenvalue weighted by Crippen LogP contribution is 1.65. The van der Waals surface area contributed by atoms with Gasteiger partial charge in [-0.15, -0.1) is 0 Å². The van der Waals surface area contributed by atoms with Crippen molar-refractivity contribution in [3.05, 3.63) is 0 Å². The van der Waals surface area contributed by atoms with Crippen molar-refractivity contribution in [2.24, 2.45) is 0 Å². The van der Waals surface area contributed by atoms with Crippen LogP contribution in [0.15, 0.2) is 0 Å². The van der Waals surface area contributed by atoms with E-state index in [4.69, 9.17) is 9.90 Å². The monoisotopic (exact) mass is 120 g/mol. The van der Waals surface area contributed by atoms with Crippen LogP contribution in [-0.4, -0.2) is 18.0 Å². The molecule has 8 heavy (non-hydrogen) atoms. The summed E-state index contributed by atoms with van der Waals surface area (Å²) in [4.78, 5) is 8.00. The molecule has 1 N–H and O–H groups in total. The topological polar surface area (TPSA) is 37.3 Å². The fourth-order valence-electron chi connectivity index (χ4n) is 0. The lowest BCUT2D eigenvalue weighted by atomic mass is 10.5. The van der Waals surface area contributed by atoms with Gasteiger partial charge in [-0.3, -0.25) is 0 Å². The maximum Gasteiger partial charge on any atom is 0.106 e. The molecule has 0 amide bonds. The SMILES string of the molecule is C=O.CC.CC(C)O. The zero-order valence-electron chi connectivity index (χ0n) is 6.14. The molecule has 0 bridgehead atoms. The van der Waals surface area contributed by atoms with E-state index in [1.165, 1.54) is 0 Å². The summed E-state index contributed by atoms with van der Waals surface area (Å²) in [5, 5.41) is 8.06. The predicted molar refractivity (Wildman–Crippen MR) is 35.8 cm³/mol. The molecular weight excluding hydrogens is 104 g/mol. The molecule has 0 fully saturated rings. The average molecular weight is 120 g/mol. The van der Waals surface area contributed by atoms with Crippen molar-refractivity contribution in [2.45, 2.75) is 33.8 Å². The zero-order chi connectivity index (χ0) is 7.58. The lowest BCUT2D eigenvalue weighted by molar-refractivity contribution is -0.0979. The Bertz CT molecular complexity index is 17.7. The highest BCUT2D eigenvalue weighted by Gasteiger charge is 1.69. The van der Waals surface area contributed by atoms with Gasteiger partial charge in [-0.2, -0.15) is 0 Å². The molecule has 0 aliphatic rings. The van der Waals surface area contributed by atoms with E-state index in [9.17, 15) is 0 Å². The first kappa shape index (κ1) is 15.6. The zero-order valence-corrected chi connectivity index (χ0v) is 6.14. The molecule has 0 saturated carbocycles. The number of aliphatic hydroxyl groups excluding tert-OH is 1. The van der Waals surface area contributed by atoms with Gasteiger partial charge in [0.15, 0.2) is 0 Å². The molecule has 0 saturated heterocycles. The van der Waals surface area contributed by atoms with Gasteiger partial charge in [0.05, 0.1) is 0 Å². The molecule has 0 atom stereocenters. The highest BCUT2D eigenvalue weighted by atomic mass is 16.3. The Balaban J connectivity index is -0.0000000542. The summed E-state index contributed by atoms with van der Waals surface area (Å²) in [6.45, 7) is 9.44. The number of rotatable bonds is 0. The van der Waals surface area contributed by atoms with Crippen LogP contribution in [0.1, 0.15) is 27.7 Å². The molecule has 0 aliphatic carbocycles. The smallest absolute Gasteiger partial charge is 0.106 e. The number of aliphatic hydroxyl groups is 1. The molecule has 0 aromatic heterocycles. The Morgan fingerprint density at radius 2 is 1.25 bits per heavy atom. The number of carbonyl (C=O) groups excluding carboxylic acids is 1. The van der Waals surface area contributed by atoms with Gasteiger partial charge >= 0.3 is 0 Å².